The first-order valence-electron chi connectivity index (χ1n) is 3.44. The molecule has 1 heterocycles. The van der Waals surface area contributed by atoms with Crippen LogP contribution in [0.4, 0.5) is 0 Å². The fourth-order valence-corrected chi connectivity index (χ4v) is 1.09. The molecule has 2 nitrogen and oxygen atoms in total. The van der Waals surface area contributed by atoms with Crippen LogP contribution in [0.2, 0.25) is 0 Å². The maximum atomic E-state index is 5.01. The normalized spacial score (nSPS) is 10.7. The average Bonchev–Trinajstić information content (AvgIpc) is 2.15. The summed E-state index contributed by atoms with van der Waals surface area (Å²) in [5, 5.41) is 0. The molecule has 0 bridgehead atoms. The van der Waals surface area contributed by atoms with Crippen LogP contribution < -0.4 is 0 Å². The van der Waals surface area contributed by atoms with E-state index in [1.54, 1.807) is 0 Å². The van der Waals surface area contributed by atoms with Crippen molar-refractivity contribution in [2.24, 2.45) is 5.92 Å². The Kier molecular flexibility index (Phi) is 2.27. The van der Waals surface area contributed by atoms with Gasteiger partial charge in [-0.1, -0.05) is 13.8 Å². The summed E-state index contributed by atoms with van der Waals surface area (Å²) in [5.41, 5.74) is 0. The van der Waals surface area contributed by atoms with Crippen molar-refractivity contribution in [3.05, 3.63) is 17.2 Å². The second kappa shape index (κ2) is 3.01. The lowest BCUT2D eigenvalue weighted by atomic mass is 10.2. The molecule has 10 heavy (non-hydrogen) atoms. The second-order valence-corrected chi connectivity index (χ2v) is 3.20. The Morgan fingerprint density at radius 1 is 1.70 bits per heavy atom. The van der Waals surface area contributed by atoms with Gasteiger partial charge in [0.1, 0.15) is 0 Å². The minimum absolute atomic E-state index is 0.655. The minimum Gasteiger partial charge on any atom is -0.337 e. The topological polar surface area (TPSA) is 20.7 Å². The smallest absolute Gasteiger partial charge is 0.177 e. The molecule has 0 aliphatic carbocycles. The summed E-state index contributed by atoms with van der Waals surface area (Å²) < 4.78 is 2.86. The van der Waals surface area contributed by atoms with Gasteiger partial charge in [-0.15, -0.1) is 0 Å². The van der Waals surface area contributed by atoms with Crippen LogP contribution >= 0.6 is 12.2 Å². The van der Waals surface area contributed by atoms with Gasteiger partial charge in [0, 0.05) is 18.9 Å². The van der Waals surface area contributed by atoms with Gasteiger partial charge >= 0.3 is 0 Å². The molecule has 0 amide bonds. The molecule has 1 rings (SSSR count). The Morgan fingerprint density at radius 2 is 2.40 bits per heavy atom. The molecule has 1 aromatic heterocycles. The number of aromatic nitrogens is 2. The maximum Gasteiger partial charge on any atom is 0.177 e. The molecule has 3 heteroatoms. The highest BCUT2D eigenvalue weighted by molar-refractivity contribution is 7.71. The van der Waals surface area contributed by atoms with E-state index in [-0.39, 0.29) is 0 Å². The van der Waals surface area contributed by atoms with Crippen molar-refractivity contribution in [1.29, 1.82) is 0 Å². The Bertz CT molecular complexity index is 246. The summed E-state index contributed by atoms with van der Waals surface area (Å²) in [7, 11) is 0. The van der Waals surface area contributed by atoms with Crippen LogP contribution in [-0.4, -0.2) is 9.55 Å². The van der Waals surface area contributed by atoms with Gasteiger partial charge in [0.15, 0.2) is 4.77 Å². The number of hydrogen-bond donors (Lipinski definition) is 1. The van der Waals surface area contributed by atoms with Gasteiger partial charge in [0.2, 0.25) is 0 Å². The predicted molar refractivity (Wildman–Crippen MR) is 44.5 cm³/mol. The first-order chi connectivity index (χ1) is 4.70. The molecule has 0 aliphatic rings. The van der Waals surface area contributed by atoms with E-state index in [0.717, 1.165) is 11.3 Å². The van der Waals surface area contributed by atoms with Crippen molar-refractivity contribution < 1.29 is 0 Å². The number of nitrogens with one attached hydrogen (secondary N) is 1. The Morgan fingerprint density at radius 3 is 2.80 bits per heavy atom. The highest BCUT2D eigenvalue weighted by Gasteiger charge is 1.95. The monoisotopic (exact) mass is 156 g/mol. The van der Waals surface area contributed by atoms with E-state index in [1.165, 1.54) is 0 Å². The lowest BCUT2D eigenvalue weighted by molar-refractivity contribution is 0.519. The first-order valence-corrected chi connectivity index (χ1v) is 3.85. The lowest BCUT2D eigenvalue weighted by Gasteiger charge is -2.03. The molecule has 0 saturated heterocycles. The SMILES string of the molecule is CC(C)Cn1cc[nH]c1=S. The Balaban J connectivity index is 2.75. The van der Waals surface area contributed by atoms with Gasteiger partial charge in [-0.25, -0.2) is 0 Å². The molecule has 0 spiro atoms. The van der Waals surface area contributed by atoms with Gasteiger partial charge < -0.3 is 9.55 Å². The molecule has 0 aromatic carbocycles. The fourth-order valence-electron chi connectivity index (χ4n) is 0.886. The number of imidazole rings is 1. The van der Waals surface area contributed by atoms with Crippen LogP contribution in [0.5, 0.6) is 0 Å². The third-order valence-electron chi connectivity index (χ3n) is 1.28. The van der Waals surface area contributed by atoms with Crippen LogP contribution in [0.1, 0.15) is 13.8 Å². The predicted octanol–water partition coefficient (Wildman–Crippen LogP) is 2.20. The molecule has 0 saturated carbocycles. The molecular formula is C7H12N2S. The maximum absolute atomic E-state index is 5.01. The zero-order valence-electron chi connectivity index (χ0n) is 6.29. The van der Waals surface area contributed by atoms with Gasteiger partial charge in [-0.3, -0.25) is 0 Å². The van der Waals surface area contributed by atoms with Crippen molar-refractivity contribution >= 4 is 12.2 Å². The van der Waals surface area contributed by atoms with E-state index in [1.807, 2.05) is 17.0 Å². The standard InChI is InChI=1S/C7H12N2S/c1-6(2)5-9-4-3-8-7(9)10/h3-4,6H,5H2,1-2H3,(H,8,10). The number of hydrogen-bond acceptors (Lipinski definition) is 1. The largest absolute Gasteiger partial charge is 0.337 e. The van der Waals surface area contributed by atoms with E-state index in [4.69, 9.17) is 12.2 Å². The highest BCUT2D eigenvalue weighted by atomic mass is 32.1. The van der Waals surface area contributed by atoms with Gasteiger partial charge in [-0.2, -0.15) is 0 Å². The highest BCUT2D eigenvalue weighted by Crippen LogP contribution is 1.98. The quantitative estimate of drug-likeness (QED) is 0.651. The third kappa shape index (κ3) is 1.70. The Hall–Kier alpha value is -0.570. The van der Waals surface area contributed by atoms with Crippen molar-refractivity contribution in [3.8, 4) is 0 Å². The van der Waals surface area contributed by atoms with Crippen LogP contribution in [0.3, 0.4) is 0 Å². The summed E-state index contributed by atoms with van der Waals surface area (Å²) in [6.45, 7) is 5.35. The molecule has 0 fully saturated rings. The molecule has 1 N–H and O–H groups in total. The van der Waals surface area contributed by atoms with E-state index in [2.05, 4.69) is 18.8 Å². The molecular weight excluding hydrogens is 144 g/mol. The molecule has 1 aromatic rings. The fraction of sp³-hybridized carbons (Fsp3) is 0.571. The van der Waals surface area contributed by atoms with Crippen LogP contribution in [-0.2, 0) is 6.54 Å². The summed E-state index contributed by atoms with van der Waals surface area (Å²) >= 11 is 5.01. The molecule has 0 radical (unpaired) electrons. The van der Waals surface area contributed by atoms with E-state index < -0.39 is 0 Å². The zero-order valence-corrected chi connectivity index (χ0v) is 7.11. The summed E-state index contributed by atoms with van der Waals surface area (Å²) in [5.74, 6) is 0.655. The van der Waals surface area contributed by atoms with E-state index >= 15 is 0 Å². The first kappa shape index (κ1) is 7.54. The lowest BCUT2D eigenvalue weighted by Crippen LogP contribution is -2.02. The molecule has 0 atom stereocenters. The molecule has 0 unspecified atom stereocenters. The van der Waals surface area contributed by atoms with Crippen molar-refractivity contribution in [2.45, 2.75) is 20.4 Å². The van der Waals surface area contributed by atoms with Gasteiger partial charge in [0.05, 0.1) is 0 Å². The average molecular weight is 156 g/mol. The van der Waals surface area contributed by atoms with Crippen molar-refractivity contribution in [2.75, 3.05) is 0 Å². The van der Waals surface area contributed by atoms with E-state index in [0.29, 0.717) is 5.92 Å². The van der Waals surface area contributed by atoms with Gasteiger partial charge in [0.25, 0.3) is 0 Å². The van der Waals surface area contributed by atoms with E-state index in [9.17, 15) is 0 Å². The van der Waals surface area contributed by atoms with Crippen LogP contribution in [0.25, 0.3) is 0 Å². The van der Waals surface area contributed by atoms with Gasteiger partial charge in [-0.05, 0) is 18.1 Å². The van der Waals surface area contributed by atoms with Crippen molar-refractivity contribution in [1.82, 2.24) is 9.55 Å². The summed E-state index contributed by atoms with van der Waals surface area (Å²) in [4.78, 5) is 2.95. The third-order valence-corrected chi connectivity index (χ3v) is 1.64. The molecule has 56 valence electrons. The number of aromatic amines is 1. The van der Waals surface area contributed by atoms with Crippen LogP contribution in [0.15, 0.2) is 12.4 Å². The van der Waals surface area contributed by atoms with Crippen molar-refractivity contribution in [3.63, 3.8) is 0 Å². The van der Waals surface area contributed by atoms with Crippen LogP contribution in [0, 0.1) is 10.7 Å². The summed E-state index contributed by atoms with van der Waals surface area (Å²) in [6, 6.07) is 0. The summed E-state index contributed by atoms with van der Waals surface area (Å²) in [6.07, 6.45) is 3.84. The zero-order chi connectivity index (χ0) is 7.56. The number of nitrogens with zero attached hydrogens (tertiary/aromatic N) is 1. The Labute approximate surface area is 65.9 Å². The molecule has 0 aliphatic heterocycles. The number of rotatable bonds is 2. The minimum atomic E-state index is 0.655. The second-order valence-electron chi connectivity index (χ2n) is 2.81. The number of H-pyrrole nitrogens is 1.